The third-order valence-corrected chi connectivity index (χ3v) is 5.28. The van der Waals surface area contributed by atoms with Crippen LogP contribution in [0.15, 0.2) is 24.3 Å². The van der Waals surface area contributed by atoms with Crippen molar-refractivity contribution >= 4 is 33.3 Å². The summed E-state index contributed by atoms with van der Waals surface area (Å²) in [6, 6.07) is 7.63. The first-order chi connectivity index (χ1) is 12.5. The highest BCUT2D eigenvalue weighted by Crippen LogP contribution is 2.33. The number of rotatable bonds is 6. The minimum atomic E-state index is -0.0955. The molecule has 0 aliphatic heterocycles. The van der Waals surface area contributed by atoms with Crippen molar-refractivity contribution in [2.45, 2.75) is 27.3 Å². The minimum Gasteiger partial charge on any atom is -0.497 e. The van der Waals surface area contributed by atoms with E-state index in [4.69, 9.17) is 4.74 Å². The number of carbonyl (C=O) groups is 1. The number of anilines is 1. The standard InChI is InChI=1S/C19H22N4O2S/c1-11-12(2)26-19-17(11)18(22-13(3)23-19)21-10-16(24)20-9-14-6-5-7-15(8-14)25-4/h5-8H,9-10H2,1-4H3,(H,20,24)(H,21,22,23). The van der Waals surface area contributed by atoms with Crippen molar-refractivity contribution in [2.75, 3.05) is 19.0 Å². The van der Waals surface area contributed by atoms with E-state index in [1.807, 2.05) is 31.2 Å². The summed E-state index contributed by atoms with van der Waals surface area (Å²) in [7, 11) is 1.63. The van der Waals surface area contributed by atoms with Crippen molar-refractivity contribution in [3.63, 3.8) is 0 Å². The molecule has 0 saturated carbocycles. The number of hydrogen-bond acceptors (Lipinski definition) is 6. The van der Waals surface area contributed by atoms with Gasteiger partial charge in [0.15, 0.2) is 0 Å². The van der Waals surface area contributed by atoms with Crippen LogP contribution in [0.4, 0.5) is 5.82 Å². The van der Waals surface area contributed by atoms with Gasteiger partial charge in [0.25, 0.3) is 0 Å². The Morgan fingerprint density at radius 1 is 1.23 bits per heavy atom. The first kappa shape index (κ1) is 18.1. The topological polar surface area (TPSA) is 76.1 Å². The quantitative estimate of drug-likeness (QED) is 0.696. The minimum absolute atomic E-state index is 0.0955. The Kier molecular flexibility index (Phi) is 5.37. The molecule has 1 amide bonds. The number of aromatic nitrogens is 2. The van der Waals surface area contributed by atoms with Crippen LogP contribution in [-0.2, 0) is 11.3 Å². The first-order valence-corrected chi connectivity index (χ1v) is 9.17. The SMILES string of the molecule is COc1cccc(CNC(=O)CNc2nc(C)nc3sc(C)c(C)c23)c1. The van der Waals surface area contributed by atoms with Crippen molar-refractivity contribution in [1.29, 1.82) is 0 Å². The van der Waals surface area contributed by atoms with E-state index in [-0.39, 0.29) is 12.5 Å². The van der Waals surface area contributed by atoms with Gasteiger partial charge in [-0.3, -0.25) is 4.79 Å². The summed E-state index contributed by atoms with van der Waals surface area (Å²) in [6.45, 7) is 6.59. The Hall–Kier alpha value is -2.67. The Labute approximate surface area is 156 Å². The first-order valence-electron chi connectivity index (χ1n) is 8.35. The lowest BCUT2D eigenvalue weighted by Gasteiger charge is -2.10. The zero-order valence-corrected chi connectivity index (χ0v) is 16.2. The summed E-state index contributed by atoms with van der Waals surface area (Å²) in [5, 5.41) is 7.06. The summed E-state index contributed by atoms with van der Waals surface area (Å²) < 4.78 is 5.19. The van der Waals surface area contributed by atoms with Crippen LogP contribution in [0.2, 0.25) is 0 Å². The second kappa shape index (κ2) is 7.70. The summed E-state index contributed by atoms with van der Waals surface area (Å²) >= 11 is 1.65. The lowest BCUT2D eigenvalue weighted by Crippen LogP contribution is -2.29. The molecule has 0 unspecified atom stereocenters. The van der Waals surface area contributed by atoms with Crippen molar-refractivity contribution < 1.29 is 9.53 Å². The van der Waals surface area contributed by atoms with Gasteiger partial charge >= 0.3 is 0 Å². The number of ether oxygens (including phenoxy) is 1. The maximum Gasteiger partial charge on any atom is 0.239 e. The van der Waals surface area contributed by atoms with Crippen LogP contribution < -0.4 is 15.4 Å². The number of nitrogens with one attached hydrogen (secondary N) is 2. The van der Waals surface area contributed by atoms with Gasteiger partial charge in [0.2, 0.25) is 5.91 Å². The molecular weight excluding hydrogens is 348 g/mol. The molecule has 2 heterocycles. The molecule has 1 aromatic carbocycles. The predicted octanol–water partition coefficient (Wildman–Crippen LogP) is 3.35. The highest BCUT2D eigenvalue weighted by molar-refractivity contribution is 7.18. The molecule has 0 bridgehead atoms. The summed E-state index contributed by atoms with van der Waals surface area (Å²) in [6.07, 6.45) is 0. The molecular formula is C19H22N4O2S. The van der Waals surface area contributed by atoms with Crippen LogP contribution in [0.25, 0.3) is 10.2 Å². The van der Waals surface area contributed by atoms with Gasteiger partial charge in [-0.05, 0) is 44.0 Å². The zero-order valence-electron chi connectivity index (χ0n) is 15.3. The van der Waals surface area contributed by atoms with Crippen LogP contribution in [0, 0.1) is 20.8 Å². The highest BCUT2D eigenvalue weighted by atomic mass is 32.1. The van der Waals surface area contributed by atoms with Gasteiger partial charge in [-0.1, -0.05) is 12.1 Å². The fourth-order valence-corrected chi connectivity index (χ4v) is 3.77. The Bertz CT molecular complexity index is 952. The summed E-state index contributed by atoms with van der Waals surface area (Å²) in [5.74, 6) is 2.09. The number of aryl methyl sites for hydroxylation is 3. The molecule has 6 nitrogen and oxygen atoms in total. The molecule has 0 fully saturated rings. The van der Waals surface area contributed by atoms with Crippen LogP contribution in [0.1, 0.15) is 21.8 Å². The van der Waals surface area contributed by atoms with Crippen molar-refractivity contribution in [2.24, 2.45) is 0 Å². The normalized spacial score (nSPS) is 10.8. The number of thiophene rings is 1. The monoisotopic (exact) mass is 370 g/mol. The number of fused-ring (bicyclic) bond motifs is 1. The molecule has 136 valence electrons. The number of nitrogens with zero attached hydrogens (tertiary/aromatic N) is 2. The van der Waals surface area contributed by atoms with E-state index in [1.165, 1.54) is 4.88 Å². The maximum absolute atomic E-state index is 12.2. The Balaban J connectivity index is 1.65. The molecule has 0 radical (unpaired) electrons. The van der Waals surface area contributed by atoms with Crippen LogP contribution in [-0.4, -0.2) is 29.5 Å². The molecule has 0 atom stereocenters. The number of benzene rings is 1. The number of methoxy groups -OCH3 is 1. The largest absolute Gasteiger partial charge is 0.497 e. The van der Waals surface area contributed by atoms with E-state index in [2.05, 4.69) is 34.4 Å². The third kappa shape index (κ3) is 3.94. The van der Waals surface area contributed by atoms with Gasteiger partial charge in [0.05, 0.1) is 19.0 Å². The lowest BCUT2D eigenvalue weighted by molar-refractivity contribution is -0.119. The van der Waals surface area contributed by atoms with E-state index in [0.29, 0.717) is 18.2 Å². The molecule has 3 rings (SSSR count). The molecule has 0 aliphatic carbocycles. The average molecular weight is 370 g/mol. The van der Waals surface area contributed by atoms with Crippen LogP contribution in [0.5, 0.6) is 5.75 Å². The lowest BCUT2D eigenvalue weighted by atomic mass is 10.2. The van der Waals surface area contributed by atoms with E-state index < -0.39 is 0 Å². The molecule has 0 saturated heterocycles. The number of amides is 1. The number of hydrogen-bond donors (Lipinski definition) is 2. The average Bonchev–Trinajstić information content (AvgIpc) is 2.91. The molecule has 0 spiro atoms. The fourth-order valence-electron chi connectivity index (χ4n) is 2.69. The third-order valence-electron chi connectivity index (χ3n) is 4.18. The molecule has 7 heteroatoms. The van der Waals surface area contributed by atoms with Crippen LogP contribution >= 0.6 is 11.3 Å². The van der Waals surface area contributed by atoms with Gasteiger partial charge in [-0.25, -0.2) is 9.97 Å². The predicted molar refractivity (Wildman–Crippen MR) is 105 cm³/mol. The van der Waals surface area contributed by atoms with Gasteiger partial charge in [0, 0.05) is 11.4 Å². The maximum atomic E-state index is 12.2. The van der Waals surface area contributed by atoms with Crippen molar-refractivity contribution in [3.05, 3.63) is 46.1 Å². The fraction of sp³-hybridized carbons (Fsp3) is 0.316. The van der Waals surface area contributed by atoms with E-state index in [9.17, 15) is 4.79 Å². The number of carbonyl (C=O) groups excluding carboxylic acids is 1. The Morgan fingerprint density at radius 2 is 2.04 bits per heavy atom. The van der Waals surface area contributed by atoms with Gasteiger partial charge < -0.3 is 15.4 Å². The van der Waals surface area contributed by atoms with E-state index in [0.717, 1.165) is 27.1 Å². The molecule has 0 aliphatic rings. The highest BCUT2D eigenvalue weighted by Gasteiger charge is 2.14. The van der Waals surface area contributed by atoms with E-state index in [1.54, 1.807) is 18.4 Å². The Morgan fingerprint density at radius 3 is 2.81 bits per heavy atom. The smallest absolute Gasteiger partial charge is 0.239 e. The molecule has 3 aromatic rings. The van der Waals surface area contributed by atoms with Gasteiger partial charge in [-0.15, -0.1) is 11.3 Å². The van der Waals surface area contributed by atoms with Crippen molar-refractivity contribution in [3.8, 4) is 5.75 Å². The van der Waals surface area contributed by atoms with Crippen LogP contribution in [0.3, 0.4) is 0 Å². The summed E-state index contributed by atoms with van der Waals surface area (Å²) in [5.41, 5.74) is 2.14. The molecule has 2 aromatic heterocycles. The van der Waals surface area contributed by atoms with Gasteiger partial charge in [0.1, 0.15) is 22.2 Å². The summed E-state index contributed by atoms with van der Waals surface area (Å²) in [4.78, 5) is 23.3. The van der Waals surface area contributed by atoms with Crippen molar-refractivity contribution in [1.82, 2.24) is 15.3 Å². The second-order valence-corrected chi connectivity index (χ2v) is 7.27. The second-order valence-electron chi connectivity index (χ2n) is 6.06. The molecule has 26 heavy (non-hydrogen) atoms. The molecule has 2 N–H and O–H groups in total. The van der Waals surface area contributed by atoms with E-state index >= 15 is 0 Å². The van der Waals surface area contributed by atoms with Gasteiger partial charge in [-0.2, -0.15) is 0 Å². The zero-order chi connectivity index (χ0) is 18.7.